The molecular weight excluding hydrogens is 408 g/mol. The fourth-order valence-electron chi connectivity index (χ4n) is 2.55. The Labute approximate surface area is 179 Å². The molecule has 8 heteroatoms. The molecule has 0 spiro atoms. The van der Waals surface area contributed by atoms with Crippen molar-refractivity contribution in [1.82, 2.24) is 4.90 Å². The first-order valence-electron chi connectivity index (χ1n) is 9.25. The molecule has 0 unspecified atom stereocenters. The maximum absolute atomic E-state index is 12.2. The van der Waals surface area contributed by atoms with Crippen LogP contribution in [0.1, 0.15) is 18.1 Å². The number of carbonyl (C=O) groups is 2. The summed E-state index contributed by atoms with van der Waals surface area (Å²) in [6.45, 7) is 2.16. The van der Waals surface area contributed by atoms with Gasteiger partial charge in [0.15, 0.2) is 23.8 Å². The molecule has 0 N–H and O–H groups in total. The second kappa shape index (κ2) is 9.45. The van der Waals surface area contributed by atoms with Crippen molar-refractivity contribution in [3.63, 3.8) is 0 Å². The molecule has 0 atom stereocenters. The highest BCUT2D eigenvalue weighted by molar-refractivity contribution is 6.30. The molecule has 1 heterocycles. The summed E-state index contributed by atoms with van der Waals surface area (Å²) in [4.78, 5) is 29.7. The van der Waals surface area contributed by atoms with E-state index in [-0.39, 0.29) is 24.1 Å². The fourth-order valence-corrected chi connectivity index (χ4v) is 2.68. The lowest BCUT2D eigenvalue weighted by Crippen LogP contribution is -2.27. The first-order chi connectivity index (χ1) is 14.4. The Bertz CT molecular complexity index is 1010. The van der Waals surface area contributed by atoms with Crippen LogP contribution in [0.3, 0.4) is 0 Å². The Morgan fingerprint density at radius 2 is 1.87 bits per heavy atom. The molecule has 0 fully saturated rings. The van der Waals surface area contributed by atoms with E-state index >= 15 is 0 Å². The molecule has 156 valence electrons. The van der Waals surface area contributed by atoms with Crippen molar-refractivity contribution in [1.29, 1.82) is 0 Å². The number of carbonyl (C=O) groups excluding carboxylic acids is 2. The van der Waals surface area contributed by atoms with Gasteiger partial charge in [-0.15, -0.1) is 0 Å². The summed E-state index contributed by atoms with van der Waals surface area (Å²) in [5, 5.41) is 0.581. The van der Waals surface area contributed by atoms with Crippen molar-refractivity contribution in [2.75, 3.05) is 27.3 Å². The first kappa shape index (κ1) is 21.4. The molecule has 7 nitrogen and oxygen atoms in total. The summed E-state index contributed by atoms with van der Waals surface area (Å²) in [6, 6.07) is 12.0. The Balaban J connectivity index is 1.83. The number of nitrogens with zero attached hydrogens (tertiary/aromatic N) is 2. The van der Waals surface area contributed by atoms with Crippen molar-refractivity contribution < 1.29 is 23.8 Å². The minimum absolute atomic E-state index is 0.103. The van der Waals surface area contributed by atoms with Gasteiger partial charge in [0.2, 0.25) is 5.90 Å². The van der Waals surface area contributed by atoms with Crippen LogP contribution >= 0.6 is 11.6 Å². The van der Waals surface area contributed by atoms with Crippen molar-refractivity contribution >= 4 is 35.5 Å². The highest BCUT2D eigenvalue weighted by Gasteiger charge is 2.24. The second-order valence-electron chi connectivity index (χ2n) is 6.56. The fraction of sp³-hybridized carbons (Fsp3) is 0.227. The van der Waals surface area contributed by atoms with Crippen LogP contribution in [0.4, 0.5) is 0 Å². The number of likely N-dealkylation sites (N-methyl/N-ethyl adjacent to an activating group) is 1. The third kappa shape index (κ3) is 5.18. The number of esters is 1. The molecule has 0 bridgehead atoms. The summed E-state index contributed by atoms with van der Waals surface area (Å²) in [6.07, 6.45) is 1.60. The lowest BCUT2D eigenvalue weighted by molar-refractivity contribution is -0.131. The Morgan fingerprint density at radius 3 is 2.53 bits per heavy atom. The zero-order valence-electron chi connectivity index (χ0n) is 16.8. The zero-order valence-corrected chi connectivity index (χ0v) is 17.6. The summed E-state index contributed by atoms with van der Waals surface area (Å²) >= 11 is 5.89. The van der Waals surface area contributed by atoms with Crippen LogP contribution in [0.25, 0.3) is 6.08 Å². The monoisotopic (exact) mass is 428 g/mol. The highest BCUT2D eigenvalue weighted by Crippen LogP contribution is 2.30. The van der Waals surface area contributed by atoms with Gasteiger partial charge in [-0.25, -0.2) is 9.79 Å². The van der Waals surface area contributed by atoms with E-state index in [1.54, 1.807) is 62.6 Å². The quantitative estimate of drug-likeness (QED) is 0.498. The molecule has 2 aromatic rings. The predicted octanol–water partition coefficient (Wildman–Crippen LogP) is 3.55. The van der Waals surface area contributed by atoms with Gasteiger partial charge in [0.25, 0.3) is 5.91 Å². The van der Waals surface area contributed by atoms with Crippen LogP contribution in [0.2, 0.25) is 5.02 Å². The van der Waals surface area contributed by atoms with E-state index in [0.29, 0.717) is 34.3 Å². The maximum Gasteiger partial charge on any atom is 0.363 e. The summed E-state index contributed by atoms with van der Waals surface area (Å²) in [5.74, 6) is 0.409. The van der Waals surface area contributed by atoms with Crippen molar-refractivity contribution in [3.8, 4) is 11.5 Å². The van der Waals surface area contributed by atoms with Crippen LogP contribution in [0.5, 0.6) is 11.5 Å². The number of benzene rings is 2. The number of amides is 1. The maximum atomic E-state index is 12.2. The van der Waals surface area contributed by atoms with E-state index in [1.165, 1.54) is 4.90 Å². The van der Waals surface area contributed by atoms with E-state index < -0.39 is 5.97 Å². The summed E-state index contributed by atoms with van der Waals surface area (Å²) in [7, 11) is 3.31. The second-order valence-corrected chi connectivity index (χ2v) is 7.00. The van der Waals surface area contributed by atoms with E-state index in [0.717, 1.165) is 0 Å². The van der Waals surface area contributed by atoms with Crippen molar-refractivity contribution in [2.45, 2.75) is 6.92 Å². The largest absolute Gasteiger partial charge is 0.490 e. The van der Waals surface area contributed by atoms with Crippen LogP contribution in [0, 0.1) is 0 Å². The van der Waals surface area contributed by atoms with Gasteiger partial charge < -0.3 is 19.1 Å². The SMILES string of the molecule is CCOc1cc(C=C2N=C(c3ccc(Cl)cc3)OC2=O)ccc1OCC(=O)N(C)C. The lowest BCUT2D eigenvalue weighted by Gasteiger charge is -2.14. The summed E-state index contributed by atoms with van der Waals surface area (Å²) in [5.41, 5.74) is 1.50. The minimum atomic E-state index is -0.546. The molecule has 0 aliphatic carbocycles. The van der Waals surface area contributed by atoms with Crippen LogP contribution in [-0.2, 0) is 14.3 Å². The predicted molar refractivity (Wildman–Crippen MR) is 114 cm³/mol. The standard InChI is InChI=1S/C22H21ClN2O5/c1-4-28-19-12-14(5-10-18(19)29-13-20(26)25(2)3)11-17-22(27)30-21(24-17)15-6-8-16(23)9-7-15/h5-12H,4,13H2,1-3H3. The topological polar surface area (TPSA) is 77.4 Å². The van der Waals surface area contributed by atoms with E-state index in [9.17, 15) is 9.59 Å². The average Bonchev–Trinajstić information content (AvgIpc) is 3.08. The Morgan fingerprint density at radius 1 is 1.13 bits per heavy atom. The minimum Gasteiger partial charge on any atom is -0.490 e. The highest BCUT2D eigenvalue weighted by atomic mass is 35.5. The summed E-state index contributed by atoms with van der Waals surface area (Å²) < 4.78 is 16.5. The number of hydrogen-bond donors (Lipinski definition) is 0. The van der Waals surface area contributed by atoms with Gasteiger partial charge in [-0.2, -0.15) is 0 Å². The third-order valence-electron chi connectivity index (χ3n) is 4.13. The lowest BCUT2D eigenvalue weighted by atomic mass is 10.1. The number of rotatable bonds is 7. The molecule has 3 rings (SSSR count). The van der Waals surface area contributed by atoms with Crippen LogP contribution in [0.15, 0.2) is 53.2 Å². The molecule has 30 heavy (non-hydrogen) atoms. The molecule has 0 radical (unpaired) electrons. The van der Waals surface area contributed by atoms with Gasteiger partial charge in [0, 0.05) is 24.7 Å². The third-order valence-corrected chi connectivity index (χ3v) is 4.38. The molecular formula is C22H21ClN2O5. The van der Waals surface area contributed by atoms with E-state index in [4.69, 9.17) is 25.8 Å². The zero-order chi connectivity index (χ0) is 21.7. The van der Waals surface area contributed by atoms with Gasteiger partial charge in [-0.3, -0.25) is 4.79 Å². The Hall–Kier alpha value is -3.32. The van der Waals surface area contributed by atoms with E-state index in [1.807, 2.05) is 6.92 Å². The normalized spacial score (nSPS) is 14.3. The molecule has 1 aliphatic heterocycles. The van der Waals surface area contributed by atoms with Crippen LogP contribution in [-0.4, -0.2) is 50.0 Å². The first-order valence-corrected chi connectivity index (χ1v) is 9.63. The van der Waals surface area contributed by atoms with E-state index in [2.05, 4.69) is 4.99 Å². The smallest absolute Gasteiger partial charge is 0.363 e. The molecule has 1 aliphatic rings. The molecule has 0 saturated heterocycles. The molecule has 0 saturated carbocycles. The number of halogens is 1. The van der Waals surface area contributed by atoms with Crippen LogP contribution < -0.4 is 9.47 Å². The number of ether oxygens (including phenoxy) is 3. The van der Waals surface area contributed by atoms with Gasteiger partial charge in [0.05, 0.1) is 6.61 Å². The number of hydrogen-bond acceptors (Lipinski definition) is 6. The number of cyclic esters (lactones) is 1. The van der Waals surface area contributed by atoms with Crippen molar-refractivity contribution in [3.05, 3.63) is 64.3 Å². The van der Waals surface area contributed by atoms with Gasteiger partial charge in [-0.05, 0) is 55.0 Å². The molecule has 2 aromatic carbocycles. The van der Waals surface area contributed by atoms with Crippen molar-refractivity contribution in [2.24, 2.45) is 4.99 Å². The molecule has 0 aromatic heterocycles. The van der Waals surface area contributed by atoms with Gasteiger partial charge in [0.1, 0.15) is 0 Å². The molecule has 1 amide bonds. The Kier molecular flexibility index (Phi) is 6.74. The van der Waals surface area contributed by atoms with Gasteiger partial charge in [-0.1, -0.05) is 17.7 Å². The van der Waals surface area contributed by atoms with Gasteiger partial charge >= 0.3 is 5.97 Å². The number of aliphatic imine (C=N–C) groups is 1. The average molecular weight is 429 g/mol.